The largest absolute Gasteiger partial charge is 0.433 e. The van der Waals surface area contributed by atoms with Crippen molar-refractivity contribution in [3.05, 3.63) is 42.0 Å². The summed E-state index contributed by atoms with van der Waals surface area (Å²) in [6.07, 6.45) is -0.0653. The minimum atomic E-state index is -4.54. The first-order chi connectivity index (χ1) is 10.3. The van der Waals surface area contributed by atoms with Gasteiger partial charge in [0.15, 0.2) is 5.13 Å². The Hall–Kier alpha value is -2.62. The van der Waals surface area contributed by atoms with Gasteiger partial charge in [-0.2, -0.15) is 13.2 Å². The van der Waals surface area contributed by atoms with Crippen molar-refractivity contribution in [3.63, 3.8) is 0 Å². The monoisotopic (exact) mass is 329 g/mol. The van der Waals surface area contributed by atoms with Gasteiger partial charge in [0.25, 0.3) is 5.91 Å². The molecule has 0 spiro atoms. The van der Waals surface area contributed by atoms with Crippen molar-refractivity contribution in [2.75, 3.05) is 5.32 Å². The standard InChI is InChI=1S/C12H10F3N5OS/c13-12(14,15)9-3-8-7(5-18-9)19-11(22-8)20-10(21)6(4-17)1-2-16/h1-5H,16-17H2,(H,19,20,21)/b2-1-,6-4+. The highest BCUT2D eigenvalue weighted by atomic mass is 32.1. The van der Waals surface area contributed by atoms with Crippen LogP contribution < -0.4 is 16.8 Å². The smallest absolute Gasteiger partial charge is 0.405 e. The van der Waals surface area contributed by atoms with E-state index >= 15 is 0 Å². The van der Waals surface area contributed by atoms with Gasteiger partial charge in [-0.1, -0.05) is 11.3 Å². The maximum atomic E-state index is 12.6. The van der Waals surface area contributed by atoms with Gasteiger partial charge in [-0.05, 0) is 18.3 Å². The van der Waals surface area contributed by atoms with Gasteiger partial charge in [0.1, 0.15) is 11.2 Å². The molecule has 0 unspecified atom stereocenters. The summed E-state index contributed by atoms with van der Waals surface area (Å²) in [7, 11) is 0. The number of carbonyl (C=O) groups excluding carboxylic acids is 1. The number of anilines is 1. The Kier molecular flexibility index (Phi) is 4.31. The van der Waals surface area contributed by atoms with E-state index in [2.05, 4.69) is 15.3 Å². The first-order valence-corrected chi connectivity index (χ1v) is 6.62. The third-order valence-electron chi connectivity index (χ3n) is 2.50. The highest BCUT2D eigenvalue weighted by molar-refractivity contribution is 7.22. The Morgan fingerprint density at radius 1 is 1.36 bits per heavy atom. The molecule has 0 aliphatic carbocycles. The summed E-state index contributed by atoms with van der Waals surface area (Å²) in [5.74, 6) is -0.577. The van der Waals surface area contributed by atoms with Crippen LogP contribution in [0.2, 0.25) is 0 Å². The zero-order valence-electron chi connectivity index (χ0n) is 10.9. The van der Waals surface area contributed by atoms with Crippen LogP contribution in [0.4, 0.5) is 18.3 Å². The maximum Gasteiger partial charge on any atom is 0.433 e. The zero-order chi connectivity index (χ0) is 16.3. The molecule has 10 heteroatoms. The molecule has 0 aliphatic rings. The zero-order valence-corrected chi connectivity index (χ0v) is 11.7. The molecule has 0 radical (unpaired) electrons. The Balaban J connectivity index is 2.28. The van der Waals surface area contributed by atoms with E-state index < -0.39 is 17.8 Å². The van der Waals surface area contributed by atoms with E-state index in [4.69, 9.17) is 11.5 Å². The molecular formula is C12H10F3N5OS. The fourth-order valence-corrected chi connectivity index (χ4v) is 2.39. The summed E-state index contributed by atoms with van der Waals surface area (Å²) in [5.41, 5.74) is 9.77. The number of halogens is 3. The van der Waals surface area contributed by atoms with Crippen LogP contribution in [0, 0.1) is 0 Å². The van der Waals surface area contributed by atoms with Gasteiger partial charge >= 0.3 is 6.18 Å². The van der Waals surface area contributed by atoms with Crippen LogP contribution in [0.25, 0.3) is 10.2 Å². The number of amides is 1. The fourth-order valence-electron chi connectivity index (χ4n) is 1.52. The highest BCUT2D eigenvalue weighted by Gasteiger charge is 2.32. The number of hydrogen-bond donors (Lipinski definition) is 3. The van der Waals surface area contributed by atoms with Crippen LogP contribution in [-0.4, -0.2) is 15.9 Å². The predicted octanol–water partition coefficient (Wildman–Crippen LogP) is 1.96. The lowest BCUT2D eigenvalue weighted by Gasteiger charge is -2.03. The molecule has 6 nitrogen and oxygen atoms in total. The quantitative estimate of drug-likeness (QED) is 0.589. The van der Waals surface area contributed by atoms with E-state index in [1.807, 2.05) is 0 Å². The molecule has 2 aromatic heterocycles. The Bertz CT molecular complexity index is 766. The van der Waals surface area contributed by atoms with Crippen molar-refractivity contribution in [3.8, 4) is 0 Å². The van der Waals surface area contributed by atoms with Gasteiger partial charge in [-0.15, -0.1) is 0 Å². The van der Waals surface area contributed by atoms with Crippen molar-refractivity contribution in [1.29, 1.82) is 0 Å². The van der Waals surface area contributed by atoms with Crippen molar-refractivity contribution < 1.29 is 18.0 Å². The molecule has 0 atom stereocenters. The SMILES string of the molecule is N/C=C\C(=C/N)C(=O)Nc1nc2cnc(C(F)(F)F)cc2s1. The van der Waals surface area contributed by atoms with E-state index in [0.717, 1.165) is 36.0 Å². The molecule has 0 aromatic carbocycles. The van der Waals surface area contributed by atoms with Gasteiger partial charge < -0.3 is 11.5 Å². The number of carbonyl (C=O) groups is 1. The molecule has 5 N–H and O–H groups in total. The number of hydrogen-bond acceptors (Lipinski definition) is 6. The van der Waals surface area contributed by atoms with Crippen molar-refractivity contribution >= 4 is 32.6 Å². The molecule has 116 valence electrons. The molecule has 0 saturated heterocycles. The maximum absolute atomic E-state index is 12.6. The minimum absolute atomic E-state index is 0.0934. The third kappa shape index (κ3) is 3.34. The summed E-state index contributed by atoms with van der Waals surface area (Å²) in [6.45, 7) is 0. The van der Waals surface area contributed by atoms with Gasteiger partial charge in [-0.3, -0.25) is 10.1 Å². The Morgan fingerprint density at radius 3 is 2.68 bits per heavy atom. The molecule has 22 heavy (non-hydrogen) atoms. The van der Waals surface area contributed by atoms with Crippen LogP contribution in [0.3, 0.4) is 0 Å². The summed E-state index contributed by atoms with van der Waals surface area (Å²) < 4.78 is 38.0. The summed E-state index contributed by atoms with van der Waals surface area (Å²) in [6, 6.07) is 0.877. The van der Waals surface area contributed by atoms with Crippen LogP contribution in [0.5, 0.6) is 0 Å². The van der Waals surface area contributed by atoms with Gasteiger partial charge in [0.2, 0.25) is 0 Å². The number of aromatic nitrogens is 2. The molecule has 0 saturated carbocycles. The lowest BCUT2D eigenvalue weighted by molar-refractivity contribution is -0.141. The molecule has 2 aromatic rings. The normalized spacial score (nSPS) is 13.0. The molecule has 2 heterocycles. The second-order valence-electron chi connectivity index (χ2n) is 3.99. The summed E-state index contributed by atoms with van der Waals surface area (Å²) in [4.78, 5) is 19.1. The number of nitrogens with one attached hydrogen (secondary N) is 1. The second-order valence-corrected chi connectivity index (χ2v) is 5.02. The van der Waals surface area contributed by atoms with Gasteiger partial charge in [0, 0.05) is 6.20 Å². The Labute approximate surface area is 126 Å². The molecular weight excluding hydrogens is 319 g/mol. The molecule has 1 amide bonds. The number of nitrogens with two attached hydrogens (primary N) is 2. The summed E-state index contributed by atoms with van der Waals surface area (Å²) in [5, 5.41) is 2.56. The average molecular weight is 329 g/mol. The number of fused-ring (bicyclic) bond motifs is 1. The van der Waals surface area contributed by atoms with E-state index in [1.54, 1.807) is 0 Å². The van der Waals surface area contributed by atoms with E-state index in [0.29, 0.717) is 0 Å². The number of thiazole rings is 1. The predicted molar refractivity (Wildman–Crippen MR) is 76.6 cm³/mol. The number of pyridine rings is 1. The van der Waals surface area contributed by atoms with Crippen molar-refractivity contribution in [2.24, 2.45) is 11.5 Å². The Morgan fingerprint density at radius 2 is 2.09 bits per heavy atom. The lowest BCUT2D eigenvalue weighted by Crippen LogP contribution is -2.14. The van der Waals surface area contributed by atoms with Gasteiger partial charge in [-0.25, -0.2) is 9.97 Å². The molecule has 0 aliphatic heterocycles. The molecule has 2 rings (SSSR count). The average Bonchev–Trinajstić information content (AvgIpc) is 2.84. The first kappa shape index (κ1) is 15.8. The van der Waals surface area contributed by atoms with E-state index in [9.17, 15) is 18.0 Å². The van der Waals surface area contributed by atoms with Crippen LogP contribution in [0.15, 0.2) is 36.3 Å². The number of alkyl halides is 3. The fraction of sp³-hybridized carbons (Fsp3) is 0.0833. The van der Waals surface area contributed by atoms with Crippen molar-refractivity contribution in [1.82, 2.24) is 9.97 Å². The molecule has 0 fully saturated rings. The highest BCUT2D eigenvalue weighted by Crippen LogP contribution is 2.32. The van der Waals surface area contributed by atoms with E-state index in [1.165, 1.54) is 6.08 Å². The number of rotatable bonds is 3. The minimum Gasteiger partial charge on any atom is -0.405 e. The third-order valence-corrected chi connectivity index (χ3v) is 3.44. The summed E-state index contributed by atoms with van der Waals surface area (Å²) >= 11 is 0.895. The van der Waals surface area contributed by atoms with Crippen LogP contribution >= 0.6 is 11.3 Å². The van der Waals surface area contributed by atoms with Crippen LogP contribution in [0.1, 0.15) is 5.69 Å². The van der Waals surface area contributed by atoms with Gasteiger partial charge in [0.05, 0.1) is 16.5 Å². The number of nitrogens with zero attached hydrogens (tertiary/aromatic N) is 2. The molecule has 0 bridgehead atoms. The van der Waals surface area contributed by atoms with E-state index in [-0.39, 0.29) is 20.9 Å². The second kappa shape index (κ2) is 6.02. The van der Waals surface area contributed by atoms with Crippen LogP contribution in [-0.2, 0) is 11.0 Å². The lowest BCUT2D eigenvalue weighted by atomic mass is 10.2. The first-order valence-electron chi connectivity index (χ1n) is 5.80. The topological polar surface area (TPSA) is 107 Å². The van der Waals surface area contributed by atoms with Crippen molar-refractivity contribution in [2.45, 2.75) is 6.18 Å².